The number of thioether (sulfide) groups is 1. The van der Waals surface area contributed by atoms with Crippen molar-refractivity contribution in [1.82, 2.24) is 14.8 Å². The van der Waals surface area contributed by atoms with E-state index in [9.17, 15) is 0 Å². The summed E-state index contributed by atoms with van der Waals surface area (Å²) in [6, 6.07) is 0. The van der Waals surface area contributed by atoms with Gasteiger partial charge in [-0.15, -0.1) is 10.2 Å². The molecule has 0 saturated heterocycles. The van der Waals surface area contributed by atoms with Crippen LogP contribution in [0.2, 0.25) is 0 Å². The van der Waals surface area contributed by atoms with Crippen LogP contribution in [0.15, 0.2) is 17.3 Å². The van der Waals surface area contributed by atoms with Crippen molar-refractivity contribution in [2.45, 2.75) is 18.0 Å². The van der Waals surface area contributed by atoms with Gasteiger partial charge in [-0.1, -0.05) is 23.9 Å². The van der Waals surface area contributed by atoms with E-state index in [2.05, 4.69) is 22.3 Å². The largest absolute Gasteiger partial charge is 0.368 e. The van der Waals surface area contributed by atoms with E-state index >= 15 is 0 Å². The fraction of sp³-hybridized carbons (Fsp3) is 0.556. The minimum Gasteiger partial charge on any atom is -0.368 e. The molecular weight excluding hydrogens is 196 g/mol. The van der Waals surface area contributed by atoms with Crippen molar-refractivity contribution < 1.29 is 0 Å². The molecule has 5 heteroatoms. The molecule has 1 aliphatic rings. The molecule has 0 radical (unpaired) electrons. The predicted molar refractivity (Wildman–Crippen MR) is 58.0 cm³/mol. The third-order valence-electron chi connectivity index (χ3n) is 2.42. The van der Waals surface area contributed by atoms with Crippen LogP contribution in [-0.4, -0.2) is 20.5 Å². The molecule has 0 saturated carbocycles. The maximum absolute atomic E-state index is 5.59. The van der Waals surface area contributed by atoms with Gasteiger partial charge in [0, 0.05) is 12.8 Å². The Morgan fingerprint density at radius 1 is 1.50 bits per heavy atom. The van der Waals surface area contributed by atoms with Gasteiger partial charge in [0.2, 0.25) is 5.95 Å². The first-order valence-electron chi connectivity index (χ1n) is 4.70. The van der Waals surface area contributed by atoms with Gasteiger partial charge in [-0.05, 0) is 18.8 Å². The second-order valence-electron chi connectivity index (χ2n) is 3.52. The standard InChI is InChI=1S/C9H14N4S/c1-13-8(10)11-12-9(13)14-6-7-4-2-3-5-7/h2-3,7H,4-6H2,1H3,(H2,10,11). The van der Waals surface area contributed by atoms with Crippen LogP contribution in [0.25, 0.3) is 0 Å². The Balaban J connectivity index is 1.88. The second kappa shape index (κ2) is 4.04. The first-order chi connectivity index (χ1) is 6.77. The third kappa shape index (κ3) is 1.92. The first-order valence-corrected chi connectivity index (χ1v) is 5.68. The highest BCUT2D eigenvalue weighted by molar-refractivity contribution is 7.99. The lowest BCUT2D eigenvalue weighted by atomic mass is 10.1. The van der Waals surface area contributed by atoms with Crippen LogP contribution in [-0.2, 0) is 7.05 Å². The highest BCUT2D eigenvalue weighted by atomic mass is 32.2. The lowest BCUT2D eigenvalue weighted by Crippen LogP contribution is -2.01. The number of nitrogens with two attached hydrogens (primary N) is 1. The molecule has 0 spiro atoms. The van der Waals surface area contributed by atoms with Crippen LogP contribution < -0.4 is 5.73 Å². The first kappa shape index (κ1) is 9.58. The summed E-state index contributed by atoms with van der Waals surface area (Å²) >= 11 is 1.73. The van der Waals surface area contributed by atoms with Crippen molar-refractivity contribution in [3.05, 3.63) is 12.2 Å². The van der Waals surface area contributed by atoms with Crippen molar-refractivity contribution >= 4 is 17.7 Å². The van der Waals surface area contributed by atoms with E-state index in [4.69, 9.17) is 5.73 Å². The Labute approximate surface area is 87.6 Å². The molecule has 0 aromatic carbocycles. The fourth-order valence-electron chi connectivity index (χ4n) is 1.45. The zero-order valence-corrected chi connectivity index (χ0v) is 9.00. The van der Waals surface area contributed by atoms with Gasteiger partial charge in [0.25, 0.3) is 0 Å². The topological polar surface area (TPSA) is 56.7 Å². The van der Waals surface area contributed by atoms with Gasteiger partial charge in [-0.2, -0.15) is 0 Å². The zero-order valence-electron chi connectivity index (χ0n) is 8.18. The molecule has 76 valence electrons. The van der Waals surface area contributed by atoms with E-state index in [0.717, 1.165) is 16.8 Å². The van der Waals surface area contributed by atoms with Crippen LogP contribution in [0.1, 0.15) is 12.8 Å². The summed E-state index contributed by atoms with van der Waals surface area (Å²) in [5.41, 5.74) is 5.59. The quantitative estimate of drug-likeness (QED) is 0.606. The summed E-state index contributed by atoms with van der Waals surface area (Å²) in [4.78, 5) is 0. The lowest BCUT2D eigenvalue weighted by Gasteiger charge is -2.07. The van der Waals surface area contributed by atoms with E-state index in [1.807, 2.05) is 11.6 Å². The van der Waals surface area contributed by atoms with Crippen LogP contribution in [0, 0.1) is 5.92 Å². The van der Waals surface area contributed by atoms with E-state index < -0.39 is 0 Å². The van der Waals surface area contributed by atoms with Crippen LogP contribution in [0.5, 0.6) is 0 Å². The van der Waals surface area contributed by atoms with Crippen molar-refractivity contribution in [3.8, 4) is 0 Å². The highest BCUT2D eigenvalue weighted by Gasteiger charge is 2.13. The fourth-order valence-corrected chi connectivity index (χ4v) is 2.50. The summed E-state index contributed by atoms with van der Waals surface area (Å²) in [5.74, 6) is 2.34. The number of hydrogen-bond acceptors (Lipinski definition) is 4. The molecule has 1 aromatic heterocycles. The average molecular weight is 210 g/mol. The Bertz CT molecular complexity index is 337. The molecule has 0 fully saturated rings. The third-order valence-corrected chi connectivity index (χ3v) is 3.67. The molecule has 0 unspecified atom stereocenters. The van der Waals surface area contributed by atoms with E-state index in [1.165, 1.54) is 12.8 Å². The monoisotopic (exact) mass is 210 g/mol. The second-order valence-corrected chi connectivity index (χ2v) is 4.51. The summed E-state index contributed by atoms with van der Waals surface area (Å²) in [6.45, 7) is 0. The van der Waals surface area contributed by atoms with E-state index in [0.29, 0.717) is 5.95 Å². The minimum absolute atomic E-state index is 0.483. The number of anilines is 1. The van der Waals surface area contributed by atoms with Gasteiger partial charge in [-0.3, -0.25) is 4.57 Å². The Hall–Kier alpha value is -0.970. The molecule has 0 amide bonds. The maximum Gasteiger partial charge on any atom is 0.222 e. The number of rotatable bonds is 3. The van der Waals surface area contributed by atoms with Gasteiger partial charge < -0.3 is 5.73 Å². The average Bonchev–Trinajstić information content (AvgIpc) is 2.77. The van der Waals surface area contributed by atoms with Gasteiger partial charge in [0.15, 0.2) is 5.16 Å². The lowest BCUT2D eigenvalue weighted by molar-refractivity contribution is 0.647. The number of nitrogens with zero attached hydrogens (tertiary/aromatic N) is 3. The van der Waals surface area contributed by atoms with Crippen LogP contribution in [0.3, 0.4) is 0 Å². The van der Waals surface area contributed by atoms with E-state index in [-0.39, 0.29) is 0 Å². The molecular formula is C9H14N4S. The number of allylic oxidation sites excluding steroid dienone is 2. The van der Waals surface area contributed by atoms with Crippen molar-refractivity contribution in [3.63, 3.8) is 0 Å². The SMILES string of the molecule is Cn1c(N)nnc1SCC1CC=CC1. The Morgan fingerprint density at radius 3 is 2.79 bits per heavy atom. The summed E-state index contributed by atoms with van der Waals surface area (Å²) < 4.78 is 1.83. The van der Waals surface area contributed by atoms with Crippen LogP contribution in [0.4, 0.5) is 5.95 Å². The van der Waals surface area contributed by atoms with E-state index in [1.54, 1.807) is 11.8 Å². The van der Waals surface area contributed by atoms with Gasteiger partial charge in [0.1, 0.15) is 0 Å². The molecule has 14 heavy (non-hydrogen) atoms. The molecule has 0 aliphatic heterocycles. The number of hydrogen-bond donors (Lipinski definition) is 1. The molecule has 1 aliphatic carbocycles. The normalized spacial score (nSPS) is 16.6. The molecule has 4 nitrogen and oxygen atoms in total. The van der Waals surface area contributed by atoms with Crippen molar-refractivity contribution in [2.75, 3.05) is 11.5 Å². The Kier molecular flexibility index (Phi) is 2.77. The molecule has 0 bridgehead atoms. The van der Waals surface area contributed by atoms with Gasteiger partial charge in [-0.25, -0.2) is 0 Å². The van der Waals surface area contributed by atoms with Gasteiger partial charge >= 0.3 is 0 Å². The molecule has 0 atom stereocenters. The van der Waals surface area contributed by atoms with Crippen LogP contribution >= 0.6 is 11.8 Å². The van der Waals surface area contributed by atoms with Gasteiger partial charge in [0.05, 0.1) is 0 Å². The van der Waals surface area contributed by atoms with Crippen molar-refractivity contribution in [2.24, 2.45) is 13.0 Å². The molecule has 2 N–H and O–H groups in total. The summed E-state index contributed by atoms with van der Waals surface area (Å²) in [5, 5.41) is 8.73. The summed E-state index contributed by atoms with van der Waals surface area (Å²) in [6.07, 6.45) is 6.88. The molecule has 1 aromatic rings. The summed E-state index contributed by atoms with van der Waals surface area (Å²) in [7, 11) is 1.89. The number of nitrogen functional groups attached to an aromatic ring is 1. The maximum atomic E-state index is 5.59. The molecule has 1 heterocycles. The zero-order chi connectivity index (χ0) is 9.97. The number of aromatic nitrogens is 3. The Morgan fingerprint density at radius 2 is 2.21 bits per heavy atom. The minimum atomic E-state index is 0.483. The molecule has 2 rings (SSSR count). The highest BCUT2D eigenvalue weighted by Crippen LogP contribution is 2.26. The predicted octanol–water partition coefficient (Wildman–Crippen LogP) is 1.46. The smallest absolute Gasteiger partial charge is 0.222 e. The van der Waals surface area contributed by atoms with Crippen molar-refractivity contribution in [1.29, 1.82) is 0 Å².